The topological polar surface area (TPSA) is 20.3 Å². The first-order chi connectivity index (χ1) is 12.7. The number of anilines is 1. The molecule has 1 amide bonds. The van der Waals surface area contributed by atoms with E-state index in [1.165, 1.54) is 16.9 Å². The third kappa shape index (κ3) is 2.35. The fourth-order valence-corrected chi connectivity index (χ4v) is 5.35. The average Bonchev–Trinajstić information content (AvgIpc) is 3.04. The average molecular weight is 378 g/mol. The number of hydrogen-bond donors (Lipinski definition) is 0. The highest BCUT2D eigenvalue weighted by molar-refractivity contribution is 7.22. The van der Waals surface area contributed by atoms with E-state index in [-0.39, 0.29) is 5.91 Å². The molecule has 0 fully saturated rings. The van der Waals surface area contributed by atoms with Gasteiger partial charge in [-0.1, -0.05) is 60.1 Å². The highest BCUT2D eigenvalue weighted by atomic mass is 35.5. The van der Waals surface area contributed by atoms with E-state index in [0.717, 1.165) is 45.9 Å². The summed E-state index contributed by atoms with van der Waals surface area (Å²) in [5.41, 5.74) is 2.25. The van der Waals surface area contributed by atoms with Crippen LogP contribution in [-0.2, 0) is 6.42 Å². The second-order valence-electron chi connectivity index (χ2n) is 6.59. The molecule has 4 heteroatoms. The van der Waals surface area contributed by atoms with Gasteiger partial charge in [0.05, 0.1) is 5.02 Å². The minimum atomic E-state index is 0.00688. The van der Waals surface area contributed by atoms with Gasteiger partial charge in [-0.2, -0.15) is 0 Å². The van der Waals surface area contributed by atoms with Crippen molar-refractivity contribution in [2.75, 3.05) is 11.4 Å². The molecule has 5 rings (SSSR count). The summed E-state index contributed by atoms with van der Waals surface area (Å²) in [4.78, 5) is 15.9. The Bertz CT molecular complexity index is 1160. The Morgan fingerprint density at radius 1 is 1.00 bits per heavy atom. The van der Waals surface area contributed by atoms with Crippen molar-refractivity contribution >= 4 is 55.4 Å². The number of halogens is 1. The molecule has 0 unspecified atom stereocenters. The van der Waals surface area contributed by atoms with Crippen LogP contribution in [0.2, 0.25) is 5.02 Å². The number of amides is 1. The molecule has 0 radical (unpaired) electrons. The predicted octanol–water partition coefficient (Wildman–Crippen LogP) is 6.30. The van der Waals surface area contributed by atoms with Crippen molar-refractivity contribution in [3.63, 3.8) is 0 Å². The van der Waals surface area contributed by atoms with Gasteiger partial charge in [0.2, 0.25) is 0 Å². The lowest BCUT2D eigenvalue weighted by Gasteiger charge is -2.29. The van der Waals surface area contributed by atoms with Crippen molar-refractivity contribution in [2.45, 2.75) is 12.8 Å². The molecule has 26 heavy (non-hydrogen) atoms. The summed E-state index contributed by atoms with van der Waals surface area (Å²) in [6.07, 6.45) is 2.00. The lowest BCUT2D eigenvalue weighted by molar-refractivity contribution is 0.0989. The van der Waals surface area contributed by atoms with Gasteiger partial charge >= 0.3 is 0 Å². The zero-order valence-electron chi connectivity index (χ0n) is 14.0. The van der Waals surface area contributed by atoms with Crippen molar-refractivity contribution in [2.24, 2.45) is 0 Å². The number of nitrogens with zero attached hydrogens (tertiary/aromatic N) is 1. The van der Waals surface area contributed by atoms with E-state index in [9.17, 15) is 4.79 Å². The third-order valence-electron chi connectivity index (χ3n) is 5.07. The van der Waals surface area contributed by atoms with E-state index in [0.29, 0.717) is 9.90 Å². The highest BCUT2D eigenvalue weighted by Gasteiger charge is 2.27. The monoisotopic (exact) mass is 377 g/mol. The number of benzene rings is 3. The van der Waals surface area contributed by atoms with Gasteiger partial charge in [0.15, 0.2) is 0 Å². The van der Waals surface area contributed by atoms with Gasteiger partial charge in [-0.15, -0.1) is 11.3 Å². The van der Waals surface area contributed by atoms with E-state index >= 15 is 0 Å². The summed E-state index contributed by atoms with van der Waals surface area (Å²) in [6.45, 7) is 0.737. The lowest BCUT2D eigenvalue weighted by Crippen LogP contribution is -2.35. The van der Waals surface area contributed by atoms with Gasteiger partial charge in [-0.25, -0.2) is 0 Å². The largest absolute Gasteiger partial charge is 0.307 e. The number of rotatable bonds is 1. The Kier molecular flexibility index (Phi) is 3.73. The molecule has 1 aliphatic rings. The SMILES string of the molecule is O=C(c1sc2ccc3ccccc3c2c1Cl)N1CCCc2ccccc21. The van der Waals surface area contributed by atoms with E-state index in [1.54, 1.807) is 0 Å². The van der Waals surface area contributed by atoms with Crippen molar-refractivity contribution in [3.05, 3.63) is 76.1 Å². The number of thiophene rings is 1. The Morgan fingerprint density at radius 2 is 1.81 bits per heavy atom. The summed E-state index contributed by atoms with van der Waals surface area (Å²) in [7, 11) is 0. The van der Waals surface area contributed by atoms with Crippen molar-refractivity contribution in [1.82, 2.24) is 0 Å². The maximum Gasteiger partial charge on any atom is 0.269 e. The van der Waals surface area contributed by atoms with Crippen molar-refractivity contribution < 1.29 is 4.79 Å². The van der Waals surface area contributed by atoms with Gasteiger partial charge in [-0.05, 0) is 41.3 Å². The zero-order chi connectivity index (χ0) is 17.7. The van der Waals surface area contributed by atoms with Crippen LogP contribution in [0.15, 0.2) is 60.7 Å². The highest BCUT2D eigenvalue weighted by Crippen LogP contribution is 2.41. The van der Waals surface area contributed by atoms with Crippen LogP contribution in [0.5, 0.6) is 0 Å². The molecule has 0 saturated heterocycles. The summed E-state index contributed by atoms with van der Waals surface area (Å²) in [6, 6.07) is 20.5. The molecular formula is C22H16ClNOS. The molecule has 0 N–H and O–H groups in total. The zero-order valence-corrected chi connectivity index (χ0v) is 15.6. The first-order valence-corrected chi connectivity index (χ1v) is 9.93. The van der Waals surface area contributed by atoms with Gasteiger partial charge in [0, 0.05) is 22.3 Å². The van der Waals surface area contributed by atoms with E-state index in [2.05, 4.69) is 30.3 Å². The smallest absolute Gasteiger partial charge is 0.269 e. The normalized spacial score (nSPS) is 14.0. The molecule has 0 spiro atoms. The van der Waals surface area contributed by atoms with Crippen molar-refractivity contribution in [1.29, 1.82) is 0 Å². The number of aryl methyl sites for hydroxylation is 1. The third-order valence-corrected chi connectivity index (χ3v) is 6.70. The second kappa shape index (κ2) is 6.11. The molecule has 2 nitrogen and oxygen atoms in total. The Morgan fingerprint density at radius 3 is 2.73 bits per heavy atom. The van der Waals surface area contributed by atoms with Crippen molar-refractivity contribution in [3.8, 4) is 0 Å². The van der Waals surface area contributed by atoms with E-state index in [1.807, 2.05) is 35.2 Å². The van der Waals surface area contributed by atoms with Crippen LogP contribution in [0.3, 0.4) is 0 Å². The number of carbonyl (C=O) groups excluding carboxylic acids is 1. The molecular weight excluding hydrogens is 362 g/mol. The fraction of sp³-hybridized carbons (Fsp3) is 0.136. The molecule has 0 aliphatic carbocycles. The van der Waals surface area contributed by atoms with Gasteiger partial charge in [0.1, 0.15) is 4.88 Å². The fourth-order valence-electron chi connectivity index (χ4n) is 3.84. The molecule has 1 aliphatic heterocycles. The Labute approximate surface area is 160 Å². The lowest BCUT2D eigenvalue weighted by atomic mass is 10.0. The van der Waals surface area contributed by atoms with Gasteiger partial charge in [-0.3, -0.25) is 4.79 Å². The summed E-state index contributed by atoms with van der Waals surface area (Å²) >= 11 is 8.23. The molecule has 3 aromatic carbocycles. The number of fused-ring (bicyclic) bond motifs is 4. The Hall–Kier alpha value is -2.36. The molecule has 2 heterocycles. The summed E-state index contributed by atoms with van der Waals surface area (Å²) in [5.74, 6) is 0.00688. The van der Waals surface area contributed by atoms with Crippen LogP contribution in [-0.4, -0.2) is 12.5 Å². The maximum absolute atomic E-state index is 13.3. The second-order valence-corrected chi connectivity index (χ2v) is 8.02. The minimum Gasteiger partial charge on any atom is -0.307 e. The quantitative estimate of drug-likeness (QED) is 0.381. The van der Waals surface area contributed by atoms with E-state index in [4.69, 9.17) is 11.6 Å². The molecule has 0 atom stereocenters. The number of carbonyl (C=O) groups is 1. The van der Waals surface area contributed by atoms with E-state index < -0.39 is 0 Å². The molecule has 0 bridgehead atoms. The summed E-state index contributed by atoms with van der Waals surface area (Å²) in [5, 5.41) is 3.81. The number of para-hydroxylation sites is 1. The minimum absolute atomic E-state index is 0.00688. The predicted molar refractivity (Wildman–Crippen MR) is 111 cm³/mol. The Balaban J connectivity index is 1.67. The van der Waals surface area contributed by atoms with Crippen LogP contribution in [0, 0.1) is 0 Å². The van der Waals surface area contributed by atoms with Crippen LogP contribution in [0.1, 0.15) is 21.7 Å². The standard InChI is InChI=1S/C22H16ClNOS/c23-20-19-16-9-3-1-6-14(16)11-12-18(19)26-21(20)22(25)24-13-5-8-15-7-2-4-10-17(15)24/h1-4,6-7,9-12H,5,8,13H2. The number of hydrogen-bond acceptors (Lipinski definition) is 2. The first-order valence-electron chi connectivity index (χ1n) is 8.73. The molecule has 4 aromatic rings. The van der Waals surface area contributed by atoms with Gasteiger partial charge < -0.3 is 4.90 Å². The van der Waals surface area contributed by atoms with Crippen LogP contribution in [0.4, 0.5) is 5.69 Å². The first kappa shape index (κ1) is 15.9. The maximum atomic E-state index is 13.3. The summed E-state index contributed by atoms with van der Waals surface area (Å²) < 4.78 is 1.06. The van der Waals surface area contributed by atoms with Crippen LogP contribution in [0.25, 0.3) is 20.9 Å². The van der Waals surface area contributed by atoms with Crippen LogP contribution >= 0.6 is 22.9 Å². The molecule has 1 aromatic heterocycles. The molecule has 128 valence electrons. The van der Waals surface area contributed by atoms with Crippen LogP contribution < -0.4 is 4.90 Å². The molecule has 0 saturated carbocycles. The van der Waals surface area contributed by atoms with Gasteiger partial charge in [0.25, 0.3) is 5.91 Å².